The Morgan fingerprint density at radius 1 is 0.724 bits per heavy atom. The molecule has 0 fully saturated rings. The summed E-state index contributed by atoms with van der Waals surface area (Å²) in [7, 11) is -1.58. The molecule has 0 atom stereocenters. The number of hydrogen-bond donors (Lipinski definition) is 0. The van der Waals surface area contributed by atoms with E-state index in [-0.39, 0.29) is 0 Å². The van der Waals surface area contributed by atoms with Crippen LogP contribution in [-0.4, -0.2) is 39.9 Å². The van der Waals surface area contributed by atoms with E-state index in [0.29, 0.717) is 5.04 Å². The van der Waals surface area contributed by atoms with Gasteiger partial charge in [-0.05, 0) is 0 Å². The Labute approximate surface area is 189 Å². The maximum atomic E-state index is 6.27. The van der Waals surface area contributed by atoms with Crippen molar-refractivity contribution in [3.63, 3.8) is 0 Å². The summed E-state index contributed by atoms with van der Waals surface area (Å²) in [5, 5.41) is 0.312. The third-order valence-corrected chi connectivity index (χ3v) is 25.3. The SMILES string of the molecule is CCC[CH2][Sn](/[CH]=C/OCCCCCO[Si](C)(C)C(C)(C)C)([CH2]CCC)[CH2]CCC. The fraction of sp³-hybridized carbons (Fsp3) is 0.920. The molecule has 0 saturated heterocycles. The molecule has 0 bridgehead atoms. The second-order valence-corrected chi connectivity index (χ2v) is 28.3. The predicted molar refractivity (Wildman–Crippen MR) is 137 cm³/mol. The standard InChI is InChI=1S/C13H27O2Si.3C4H9.Sn/c1-7-14-11-9-8-10-12-15-16(5,6)13(2,3)4;3*1-3-4-2;/h1,7H,8-12H2,2-6H3;3*1,3-4H2,2H3;. The molecule has 0 aromatic heterocycles. The number of unbranched alkanes of at least 4 members (excludes halogenated alkanes) is 5. The summed E-state index contributed by atoms with van der Waals surface area (Å²) >= 11 is -2.15. The van der Waals surface area contributed by atoms with E-state index in [1.807, 2.05) is 0 Å². The van der Waals surface area contributed by atoms with Gasteiger partial charge in [-0.15, -0.1) is 0 Å². The van der Waals surface area contributed by atoms with Gasteiger partial charge in [0.15, 0.2) is 0 Å². The van der Waals surface area contributed by atoms with Crippen LogP contribution in [0.25, 0.3) is 0 Å². The number of rotatable bonds is 18. The Kier molecular flexibility index (Phi) is 16.5. The van der Waals surface area contributed by atoms with Gasteiger partial charge >= 0.3 is 190 Å². The van der Waals surface area contributed by atoms with Crippen molar-refractivity contribution in [1.29, 1.82) is 0 Å². The van der Waals surface area contributed by atoms with E-state index in [4.69, 9.17) is 9.16 Å². The van der Waals surface area contributed by atoms with Crippen LogP contribution in [0.1, 0.15) is 99.3 Å². The van der Waals surface area contributed by atoms with E-state index < -0.39 is 26.7 Å². The van der Waals surface area contributed by atoms with E-state index in [2.05, 4.69) is 65.0 Å². The zero-order valence-corrected chi connectivity index (χ0v) is 25.2. The molecule has 174 valence electrons. The van der Waals surface area contributed by atoms with E-state index >= 15 is 0 Å². The second-order valence-electron chi connectivity index (χ2n) is 10.5. The van der Waals surface area contributed by atoms with Crippen molar-refractivity contribution in [1.82, 2.24) is 0 Å². The van der Waals surface area contributed by atoms with Crippen molar-refractivity contribution >= 4 is 26.7 Å². The molecule has 0 N–H and O–H groups in total. The molecule has 0 spiro atoms. The van der Waals surface area contributed by atoms with Crippen LogP contribution in [0.3, 0.4) is 0 Å². The van der Waals surface area contributed by atoms with Gasteiger partial charge in [0.1, 0.15) is 0 Å². The first-order valence-electron chi connectivity index (χ1n) is 12.6. The molecule has 0 heterocycles. The average Bonchev–Trinajstić information content (AvgIpc) is 2.66. The van der Waals surface area contributed by atoms with Crippen LogP contribution in [0.15, 0.2) is 10.4 Å². The quantitative estimate of drug-likeness (QED) is 0.0994. The Morgan fingerprint density at radius 2 is 1.21 bits per heavy atom. The minimum absolute atomic E-state index is 0.312. The van der Waals surface area contributed by atoms with Crippen LogP contribution in [0, 0.1) is 0 Å². The Hall–Kier alpha value is 0.516. The van der Waals surface area contributed by atoms with Crippen molar-refractivity contribution in [3.05, 3.63) is 10.4 Å². The third-order valence-electron chi connectivity index (χ3n) is 6.78. The summed E-state index contributed by atoms with van der Waals surface area (Å²) < 4.78 is 19.4. The first-order chi connectivity index (χ1) is 13.6. The maximum absolute atomic E-state index is 6.27. The molecule has 0 rings (SSSR count). The number of ether oxygens (including phenoxy) is 1. The van der Waals surface area contributed by atoms with Crippen molar-refractivity contribution in [2.75, 3.05) is 13.2 Å². The Bertz CT molecular complexity index is 394. The number of hydrogen-bond acceptors (Lipinski definition) is 2. The molecule has 0 aliphatic heterocycles. The van der Waals surface area contributed by atoms with E-state index in [0.717, 1.165) is 26.1 Å². The molecule has 0 aromatic carbocycles. The van der Waals surface area contributed by atoms with Gasteiger partial charge in [0.2, 0.25) is 0 Å². The molecule has 0 amide bonds. The Morgan fingerprint density at radius 3 is 1.66 bits per heavy atom. The van der Waals surface area contributed by atoms with Gasteiger partial charge in [0.05, 0.1) is 0 Å². The molecule has 2 nitrogen and oxygen atoms in total. The monoisotopic (exact) mass is 534 g/mol. The molecule has 0 unspecified atom stereocenters. The van der Waals surface area contributed by atoms with Gasteiger partial charge in [-0.25, -0.2) is 0 Å². The van der Waals surface area contributed by atoms with Crippen LogP contribution in [0.2, 0.25) is 31.4 Å². The molecule has 0 aliphatic rings. The minimum atomic E-state index is -2.15. The molecule has 0 radical (unpaired) electrons. The normalized spacial score (nSPS) is 13.4. The van der Waals surface area contributed by atoms with Gasteiger partial charge in [-0.2, -0.15) is 0 Å². The molecule has 0 saturated carbocycles. The van der Waals surface area contributed by atoms with Crippen LogP contribution in [0.4, 0.5) is 0 Å². The van der Waals surface area contributed by atoms with Gasteiger partial charge < -0.3 is 0 Å². The molecule has 0 aliphatic carbocycles. The first kappa shape index (κ1) is 29.5. The van der Waals surface area contributed by atoms with Crippen molar-refractivity contribution in [2.45, 2.75) is 131 Å². The summed E-state index contributed by atoms with van der Waals surface area (Å²) in [5.41, 5.74) is 0. The molecule has 29 heavy (non-hydrogen) atoms. The van der Waals surface area contributed by atoms with E-state index in [1.165, 1.54) is 58.3 Å². The fourth-order valence-electron chi connectivity index (χ4n) is 3.48. The van der Waals surface area contributed by atoms with E-state index in [9.17, 15) is 0 Å². The van der Waals surface area contributed by atoms with Gasteiger partial charge in [0, 0.05) is 0 Å². The van der Waals surface area contributed by atoms with Gasteiger partial charge in [0.25, 0.3) is 0 Å². The fourth-order valence-corrected chi connectivity index (χ4v) is 18.3. The van der Waals surface area contributed by atoms with Crippen molar-refractivity contribution in [2.24, 2.45) is 0 Å². The van der Waals surface area contributed by atoms with Gasteiger partial charge in [-0.3, -0.25) is 0 Å². The van der Waals surface area contributed by atoms with E-state index in [1.54, 1.807) is 0 Å². The third kappa shape index (κ3) is 13.5. The summed E-state index contributed by atoms with van der Waals surface area (Å²) in [6, 6.07) is 0. The van der Waals surface area contributed by atoms with Crippen LogP contribution in [0.5, 0.6) is 0 Å². The first-order valence-corrected chi connectivity index (χ1v) is 23.2. The summed E-state index contributed by atoms with van der Waals surface area (Å²) in [6.45, 7) is 20.4. The van der Waals surface area contributed by atoms with Crippen LogP contribution < -0.4 is 0 Å². The van der Waals surface area contributed by atoms with Crippen LogP contribution in [-0.2, 0) is 9.16 Å². The van der Waals surface area contributed by atoms with Crippen molar-refractivity contribution in [3.8, 4) is 0 Å². The summed E-state index contributed by atoms with van der Waals surface area (Å²) in [4.78, 5) is 0. The zero-order valence-electron chi connectivity index (χ0n) is 21.4. The molecule has 0 aromatic rings. The second kappa shape index (κ2) is 16.2. The predicted octanol–water partition coefficient (Wildman–Crippen LogP) is 9.10. The molecular formula is C25H54O2SiSn. The molecular weight excluding hydrogens is 479 g/mol. The summed E-state index contributed by atoms with van der Waals surface area (Å²) in [5.74, 6) is 0. The van der Waals surface area contributed by atoms with Crippen LogP contribution >= 0.6 is 0 Å². The molecule has 4 heteroatoms. The topological polar surface area (TPSA) is 18.5 Å². The summed E-state index contributed by atoms with van der Waals surface area (Å²) in [6.07, 6.45) is 13.9. The van der Waals surface area contributed by atoms with Crippen molar-refractivity contribution < 1.29 is 9.16 Å². The Balaban J connectivity index is 4.29. The zero-order chi connectivity index (χ0) is 22.2. The van der Waals surface area contributed by atoms with Gasteiger partial charge in [-0.1, -0.05) is 0 Å². The average molecular weight is 534 g/mol.